The van der Waals surface area contributed by atoms with Crippen LogP contribution in [0.25, 0.3) is 0 Å². The smallest absolute Gasteiger partial charge is 0.311 e. The van der Waals surface area contributed by atoms with E-state index >= 15 is 0 Å². The molecule has 2 aromatic rings. The molecular weight excluding hydrogens is 414 g/mol. The molecule has 2 heterocycles. The summed E-state index contributed by atoms with van der Waals surface area (Å²) in [5.74, 6) is 0.172. The van der Waals surface area contributed by atoms with Crippen LogP contribution in [-0.4, -0.2) is 35.5 Å². The molecule has 0 amide bonds. The van der Waals surface area contributed by atoms with Crippen molar-refractivity contribution >= 4 is 11.9 Å². The summed E-state index contributed by atoms with van der Waals surface area (Å²) in [5, 5.41) is 0. The highest BCUT2D eigenvalue weighted by molar-refractivity contribution is 5.73. The van der Waals surface area contributed by atoms with E-state index in [1.807, 2.05) is 36.4 Å². The molecule has 178 valence electrons. The van der Waals surface area contributed by atoms with Crippen molar-refractivity contribution in [2.75, 3.05) is 6.54 Å². The van der Waals surface area contributed by atoms with Crippen molar-refractivity contribution in [3.63, 3.8) is 0 Å². The Morgan fingerprint density at radius 2 is 1.55 bits per heavy atom. The fourth-order valence-corrected chi connectivity index (χ4v) is 4.58. The molecule has 2 bridgehead atoms. The third kappa shape index (κ3) is 7.16. The first-order valence-corrected chi connectivity index (χ1v) is 12.1. The first-order valence-electron chi connectivity index (χ1n) is 12.1. The van der Waals surface area contributed by atoms with Gasteiger partial charge >= 0.3 is 11.9 Å². The van der Waals surface area contributed by atoms with Crippen molar-refractivity contribution in [3.8, 4) is 5.75 Å². The Bertz CT molecular complexity index is 915. The summed E-state index contributed by atoms with van der Waals surface area (Å²) < 4.78 is 11.4. The minimum atomic E-state index is -0.255. The van der Waals surface area contributed by atoms with E-state index in [9.17, 15) is 9.59 Å². The number of nitrogens with zero attached hydrogens (tertiary/aromatic N) is 1. The number of benzene rings is 2. The van der Waals surface area contributed by atoms with Crippen molar-refractivity contribution in [3.05, 3.63) is 65.2 Å². The second kappa shape index (κ2) is 12.0. The van der Waals surface area contributed by atoms with Crippen LogP contribution in [0.4, 0.5) is 0 Å². The third-order valence-electron chi connectivity index (χ3n) is 6.29. The van der Waals surface area contributed by atoms with Gasteiger partial charge in [0.2, 0.25) is 0 Å². The van der Waals surface area contributed by atoms with Crippen LogP contribution in [-0.2, 0) is 20.9 Å². The van der Waals surface area contributed by atoms with Crippen LogP contribution < -0.4 is 4.74 Å². The first kappa shape index (κ1) is 25.0. The van der Waals surface area contributed by atoms with Crippen molar-refractivity contribution < 1.29 is 19.1 Å². The average molecular weight is 452 g/mol. The number of esters is 2. The van der Waals surface area contributed by atoms with E-state index in [-0.39, 0.29) is 24.5 Å². The molecule has 2 aromatic carbocycles. The van der Waals surface area contributed by atoms with Crippen molar-refractivity contribution in [1.29, 1.82) is 0 Å². The molecule has 0 N–H and O–H groups in total. The molecule has 0 saturated carbocycles. The van der Waals surface area contributed by atoms with Crippen molar-refractivity contribution in [2.24, 2.45) is 0 Å². The minimum Gasteiger partial charge on any atom is -0.461 e. The van der Waals surface area contributed by atoms with Crippen LogP contribution in [0.1, 0.15) is 82.4 Å². The summed E-state index contributed by atoms with van der Waals surface area (Å²) in [6.07, 6.45) is 2.73. The quantitative estimate of drug-likeness (QED) is 0.390. The van der Waals surface area contributed by atoms with Crippen LogP contribution in [0.3, 0.4) is 0 Å². The van der Waals surface area contributed by atoms with E-state index < -0.39 is 0 Å². The molecule has 1 unspecified atom stereocenters. The Kier molecular flexibility index (Phi) is 9.07. The molecule has 2 aliphatic rings. The zero-order valence-corrected chi connectivity index (χ0v) is 20.4. The molecular formula is C28H37NO4. The predicted octanol–water partition coefficient (Wildman–Crippen LogP) is 5.85. The van der Waals surface area contributed by atoms with Crippen LogP contribution in [0, 0.1) is 0 Å². The number of hydrogen-bond acceptors (Lipinski definition) is 5. The van der Waals surface area contributed by atoms with Crippen LogP contribution in [0.5, 0.6) is 5.75 Å². The third-order valence-corrected chi connectivity index (χ3v) is 6.29. The fraction of sp³-hybridized carbons (Fsp3) is 0.500. The molecule has 0 aromatic heterocycles. The number of ether oxygens (including phenoxy) is 2. The summed E-state index contributed by atoms with van der Waals surface area (Å²) in [7, 11) is 0. The molecule has 0 spiro atoms. The Morgan fingerprint density at radius 3 is 2.21 bits per heavy atom. The Morgan fingerprint density at radius 1 is 0.879 bits per heavy atom. The van der Waals surface area contributed by atoms with Gasteiger partial charge in [0, 0.05) is 36.4 Å². The molecule has 0 saturated heterocycles. The normalized spacial score (nSPS) is 16.2. The number of rotatable bonds is 7. The number of fused-ring (bicyclic) bond motifs is 10. The summed E-state index contributed by atoms with van der Waals surface area (Å²) in [6.45, 7) is 10.0. The van der Waals surface area contributed by atoms with Gasteiger partial charge in [-0.15, -0.1) is 0 Å². The lowest BCUT2D eigenvalue weighted by molar-refractivity contribution is -0.145. The summed E-state index contributed by atoms with van der Waals surface area (Å²) in [6, 6.07) is 17.0. The van der Waals surface area contributed by atoms with Gasteiger partial charge in [-0.25, -0.2) is 0 Å². The Balaban J connectivity index is 2.00. The molecule has 0 aliphatic carbocycles. The van der Waals surface area contributed by atoms with E-state index in [0.29, 0.717) is 43.5 Å². The lowest BCUT2D eigenvalue weighted by atomic mass is 9.86. The van der Waals surface area contributed by atoms with Crippen molar-refractivity contribution in [2.45, 2.75) is 84.4 Å². The average Bonchev–Trinajstić information content (AvgIpc) is 2.80. The first-order chi connectivity index (χ1) is 15.8. The van der Waals surface area contributed by atoms with E-state index in [0.717, 1.165) is 24.1 Å². The molecule has 33 heavy (non-hydrogen) atoms. The number of hydrogen-bond donors (Lipinski definition) is 0. The number of carbonyl (C=O) groups is 2. The molecule has 4 rings (SSSR count). The van der Waals surface area contributed by atoms with E-state index in [2.05, 4.69) is 44.7 Å². The lowest BCUT2D eigenvalue weighted by Crippen LogP contribution is -2.38. The predicted molar refractivity (Wildman–Crippen MR) is 130 cm³/mol. The fourth-order valence-electron chi connectivity index (χ4n) is 4.58. The standard InChI is InChI=1S/C28H37NO4/c1-20(2)29(21(3)4)17-16-24(23-10-6-5-7-11-23)25-18-22-14-15-26(25)33-28(31)13-9-8-12-27(30)32-19-22/h5-7,10-11,14-15,18,20-21,24H,8-9,12-13,16-17,19H2,1-4H3. The molecule has 0 radical (unpaired) electrons. The zero-order valence-electron chi connectivity index (χ0n) is 20.4. The van der Waals surface area contributed by atoms with Gasteiger partial charge in [-0.05, 0) is 76.8 Å². The van der Waals surface area contributed by atoms with E-state index in [1.54, 1.807) is 0 Å². The summed E-state index contributed by atoms with van der Waals surface area (Å²) >= 11 is 0. The van der Waals surface area contributed by atoms with Gasteiger partial charge in [0.25, 0.3) is 0 Å². The largest absolute Gasteiger partial charge is 0.461 e. The Labute approximate surface area is 198 Å². The highest BCUT2D eigenvalue weighted by atomic mass is 16.5. The second-order valence-corrected chi connectivity index (χ2v) is 9.39. The molecule has 2 aliphatic heterocycles. The van der Waals surface area contributed by atoms with Gasteiger partial charge in [0.15, 0.2) is 0 Å². The second-order valence-electron chi connectivity index (χ2n) is 9.39. The van der Waals surface area contributed by atoms with Gasteiger partial charge in [-0.3, -0.25) is 14.5 Å². The Hall–Kier alpha value is -2.66. The zero-order chi connectivity index (χ0) is 23.8. The van der Waals surface area contributed by atoms with Crippen molar-refractivity contribution in [1.82, 2.24) is 4.90 Å². The summed E-state index contributed by atoms with van der Waals surface area (Å²) in [4.78, 5) is 27.1. The van der Waals surface area contributed by atoms with E-state index in [4.69, 9.17) is 9.47 Å². The van der Waals surface area contributed by atoms with Gasteiger partial charge in [-0.2, -0.15) is 0 Å². The lowest BCUT2D eigenvalue weighted by Gasteiger charge is -2.32. The van der Waals surface area contributed by atoms with Crippen LogP contribution in [0.2, 0.25) is 0 Å². The SMILES string of the molecule is CC(C)N(CCC(c1ccccc1)c1cc2ccc1OC(=O)CCCCC(=O)OC2)C(C)C. The topological polar surface area (TPSA) is 55.8 Å². The maximum Gasteiger partial charge on any atom is 0.311 e. The molecule has 1 atom stereocenters. The van der Waals surface area contributed by atoms with Gasteiger partial charge < -0.3 is 9.47 Å². The molecule has 5 heteroatoms. The van der Waals surface area contributed by atoms with Gasteiger partial charge in [-0.1, -0.05) is 36.4 Å². The van der Waals surface area contributed by atoms with E-state index in [1.165, 1.54) is 5.56 Å². The summed E-state index contributed by atoms with van der Waals surface area (Å²) in [5.41, 5.74) is 3.05. The molecule has 0 fully saturated rings. The van der Waals surface area contributed by atoms with Crippen LogP contribution >= 0.6 is 0 Å². The van der Waals surface area contributed by atoms with Gasteiger partial charge in [0.1, 0.15) is 12.4 Å². The molecule has 5 nitrogen and oxygen atoms in total. The highest BCUT2D eigenvalue weighted by Gasteiger charge is 2.24. The highest BCUT2D eigenvalue weighted by Crippen LogP contribution is 2.36. The maximum atomic E-state index is 12.6. The monoisotopic (exact) mass is 451 g/mol. The van der Waals surface area contributed by atoms with Crippen LogP contribution in [0.15, 0.2) is 48.5 Å². The number of carbonyl (C=O) groups excluding carboxylic acids is 2. The maximum absolute atomic E-state index is 12.6. The minimum absolute atomic E-state index is 0.0507. The van der Waals surface area contributed by atoms with Gasteiger partial charge in [0.05, 0.1) is 0 Å².